The Balaban J connectivity index is 2.16. The van der Waals surface area contributed by atoms with Crippen LogP contribution in [0.15, 0.2) is 59.4 Å². The molecule has 1 amide bonds. The molecule has 1 atom stereocenters. The van der Waals surface area contributed by atoms with Crippen LogP contribution in [-0.2, 0) is 0 Å². The second-order valence-corrected chi connectivity index (χ2v) is 8.66. The molecule has 8 heteroatoms. The average molecular weight is 444 g/mol. The maximum Gasteiger partial charge on any atom is 0.284 e. The van der Waals surface area contributed by atoms with Crippen molar-refractivity contribution in [1.82, 2.24) is 15.1 Å². The molecule has 0 saturated carbocycles. The quantitative estimate of drug-likeness (QED) is 0.627. The molecule has 3 rings (SSSR count). The number of amides is 1. The lowest BCUT2D eigenvalue weighted by molar-refractivity contribution is 0.0846. The lowest BCUT2D eigenvalue weighted by atomic mass is 9.87. The van der Waals surface area contributed by atoms with Crippen LogP contribution < -0.4 is 10.9 Å². The summed E-state index contributed by atoms with van der Waals surface area (Å²) in [6.45, 7) is 5.31. The van der Waals surface area contributed by atoms with Gasteiger partial charge in [-0.15, -0.1) is 0 Å². The van der Waals surface area contributed by atoms with Gasteiger partial charge in [-0.25, -0.2) is 4.39 Å². The Kier molecular flexibility index (Phi) is 6.57. The van der Waals surface area contributed by atoms with Crippen molar-refractivity contribution in [3.05, 3.63) is 81.4 Å². The Bertz CT molecular complexity index is 1150. The van der Waals surface area contributed by atoms with Crippen LogP contribution in [0.3, 0.4) is 0 Å². The molecule has 3 aromatic rings. The predicted molar refractivity (Wildman–Crippen MR) is 118 cm³/mol. The molecule has 162 valence electrons. The molecule has 0 aliphatic rings. The van der Waals surface area contributed by atoms with Crippen LogP contribution in [0, 0.1) is 11.2 Å². The van der Waals surface area contributed by atoms with Crippen molar-refractivity contribution < 1.29 is 14.3 Å². The molecule has 0 bridgehead atoms. The molecular weight excluding hydrogens is 421 g/mol. The fourth-order valence-corrected chi connectivity index (χ4v) is 3.10. The van der Waals surface area contributed by atoms with Crippen LogP contribution in [0.5, 0.6) is 0 Å². The van der Waals surface area contributed by atoms with Gasteiger partial charge in [-0.05, 0) is 41.8 Å². The second-order valence-electron chi connectivity index (χ2n) is 8.22. The number of aromatic nitrogens is 2. The number of hydrogen-bond donors (Lipinski definition) is 2. The number of hydrogen-bond acceptors (Lipinski definition) is 4. The van der Waals surface area contributed by atoms with Gasteiger partial charge < -0.3 is 10.4 Å². The molecule has 31 heavy (non-hydrogen) atoms. The normalized spacial score (nSPS) is 12.5. The molecule has 1 aromatic heterocycles. The molecule has 0 spiro atoms. The third-order valence-electron chi connectivity index (χ3n) is 4.88. The van der Waals surface area contributed by atoms with Crippen LogP contribution in [-0.4, -0.2) is 33.4 Å². The van der Waals surface area contributed by atoms with Gasteiger partial charge in [0.25, 0.3) is 11.5 Å². The topological polar surface area (TPSA) is 84.2 Å². The van der Waals surface area contributed by atoms with E-state index in [1.807, 2.05) is 20.8 Å². The number of carbonyl (C=O) groups is 1. The first-order valence-corrected chi connectivity index (χ1v) is 10.1. The molecule has 6 nitrogen and oxygen atoms in total. The fraction of sp³-hybridized carbons (Fsp3) is 0.261. The van der Waals surface area contributed by atoms with Gasteiger partial charge in [-0.3, -0.25) is 9.59 Å². The Morgan fingerprint density at radius 1 is 1.19 bits per heavy atom. The summed E-state index contributed by atoms with van der Waals surface area (Å²) in [5.41, 5.74) is -0.166. The number of benzene rings is 2. The van der Waals surface area contributed by atoms with Crippen molar-refractivity contribution in [2.45, 2.75) is 26.8 Å². The van der Waals surface area contributed by atoms with Gasteiger partial charge in [0.2, 0.25) is 0 Å². The Hall–Kier alpha value is -3.03. The highest BCUT2D eigenvalue weighted by Gasteiger charge is 2.27. The summed E-state index contributed by atoms with van der Waals surface area (Å²) < 4.78 is 14.8. The molecular formula is C23H23ClFN3O3. The summed E-state index contributed by atoms with van der Waals surface area (Å²) in [4.78, 5) is 26.1. The van der Waals surface area contributed by atoms with E-state index in [4.69, 9.17) is 11.6 Å². The van der Waals surface area contributed by atoms with Crippen molar-refractivity contribution >= 4 is 17.5 Å². The Labute approximate surface area is 184 Å². The largest absolute Gasteiger partial charge is 0.394 e. The highest BCUT2D eigenvalue weighted by Crippen LogP contribution is 2.22. The lowest BCUT2D eigenvalue weighted by Crippen LogP contribution is -2.47. The second kappa shape index (κ2) is 8.99. The lowest BCUT2D eigenvalue weighted by Gasteiger charge is -2.29. The van der Waals surface area contributed by atoms with E-state index in [-0.39, 0.29) is 17.9 Å². The van der Waals surface area contributed by atoms with Crippen LogP contribution >= 0.6 is 11.6 Å². The van der Waals surface area contributed by atoms with Crippen molar-refractivity contribution in [3.8, 4) is 16.9 Å². The van der Waals surface area contributed by atoms with Gasteiger partial charge in [0.05, 0.1) is 24.0 Å². The Morgan fingerprint density at radius 3 is 2.45 bits per heavy atom. The average Bonchev–Trinajstić information content (AvgIpc) is 2.71. The van der Waals surface area contributed by atoms with Gasteiger partial charge in [0, 0.05) is 10.6 Å². The van der Waals surface area contributed by atoms with E-state index in [0.717, 1.165) is 10.7 Å². The highest BCUT2D eigenvalue weighted by atomic mass is 35.5. The summed E-state index contributed by atoms with van der Waals surface area (Å²) in [5.74, 6) is -1.19. The van der Waals surface area contributed by atoms with E-state index in [1.165, 1.54) is 24.3 Å². The molecule has 0 unspecified atom stereocenters. The third kappa shape index (κ3) is 5.18. The van der Waals surface area contributed by atoms with Crippen LogP contribution in [0.4, 0.5) is 4.39 Å². The molecule has 0 aliphatic heterocycles. The molecule has 0 radical (unpaired) electrons. The number of nitrogens with zero attached hydrogens (tertiary/aromatic N) is 2. The van der Waals surface area contributed by atoms with E-state index < -0.39 is 28.7 Å². The molecule has 1 heterocycles. The number of rotatable bonds is 5. The minimum absolute atomic E-state index is 0.174. The minimum atomic E-state index is -0.702. The van der Waals surface area contributed by atoms with Gasteiger partial charge in [-0.2, -0.15) is 9.78 Å². The Morgan fingerprint density at radius 2 is 1.87 bits per heavy atom. The highest BCUT2D eigenvalue weighted by molar-refractivity contribution is 6.30. The molecule has 0 saturated heterocycles. The molecule has 2 aromatic carbocycles. The maximum atomic E-state index is 13.8. The first kappa shape index (κ1) is 22.7. The summed E-state index contributed by atoms with van der Waals surface area (Å²) in [6, 6.07) is 12.9. The zero-order valence-electron chi connectivity index (χ0n) is 17.4. The predicted octanol–water partition coefficient (Wildman–Crippen LogP) is 3.83. The summed E-state index contributed by atoms with van der Waals surface area (Å²) >= 11 is 5.96. The summed E-state index contributed by atoms with van der Waals surface area (Å²) in [5, 5.41) is 17.3. The molecule has 0 aliphatic carbocycles. The summed E-state index contributed by atoms with van der Waals surface area (Å²) in [7, 11) is 0. The van der Waals surface area contributed by atoms with Crippen LogP contribution in [0.1, 0.15) is 31.1 Å². The van der Waals surface area contributed by atoms with Gasteiger partial charge in [0.15, 0.2) is 0 Å². The van der Waals surface area contributed by atoms with Crippen LogP contribution in [0.2, 0.25) is 5.02 Å². The number of halogens is 2. The number of nitrogens with one attached hydrogen (secondary N) is 1. The zero-order chi connectivity index (χ0) is 22.8. The van der Waals surface area contributed by atoms with Crippen molar-refractivity contribution in [1.29, 1.82) is 0 Å². The van der Waals surface area contributed by atoms with Gasteiger partial charge in [-0.1, -0.05) is 50.6 Å². The van der Waals surface area contributed by atoms with Crippen molar-refractivity contribution in [3.63, 3.8) is 0 Å². The smallest absolute Gasteiger partial charge is 0.284 e. The fourth-order valence-electron chi connectivity index (χ4n) is 2.97. The maximum absolute atomic E-state index is 13.8. The molecule has 0 fully saturated rings. The minimum Gasteiger partial charge on any atom is -0.394 e. The van der Waals surface area contributed by atoms with Crippen molar-refractivity contribution in [2.24, 2.45) is 5.41 Å². The van der Waals surface area contributed by atoms with E-state index in [2.05, 4.69) is 10.4 Å². The first-order valence-electron chi connectivity index (χ1n) is 9.68. The first-order chi connectivity index (χ1) is 14.6. The number of carbonyl (C=O) groups excluding carboxylic acids is 1. The van der Waals surface area contributed by atoms with Crippen molar-refractivity contribution in [2.75, 3.05) is 6.61 Å². The van der Waals surface area contributed by atoms with Gasteiger partial charge >= 0.3 is 0 Å². The number of aliphatic hydroxyl groups excluding tert-OH is 1. The van der Waals surface area contributed by atoms with E-state index in [9.17, 15) is 19.1 Å². The standard InChI is InChI=1S/C23H23ClFN3O3/c1-23(2,3)20(13-29)26-21(30)18-12-19(14-7-9-15(24)10-8-14)27-28(22(18)31)17-6-4-5-16(25)11-17/h4-12,20,29H,13H2,1-3H3,(H,26,30)/t20-/m1/s1. The SMILES string of the molecule is CC(C)(C)[C@@H](CO)NC(=O)c1cc(-c2ccc(Cl)cc2)nn(-c2cccc(F)c2)c1=O. The van der Waals surface area contributed by atoms with Crippen LogP contribution in [0.25, 0.3) is 16.9 Å². The number of aliphatic hydroxyl groups is 1. The monoisotopic (exact) mass is 443 g/mol. The van der Waals surface area contributed by atoms with E-state index in [1.54, 1.807) is 24.3 Å². The molecule has 2 N–H and O–H groups in total. The van der Waals surface area contributed by atoms with E-state index in [0.29, 0.717) is 16.3 Å². The third-order valence-corrected chi connectivity index (χ3v) is 5.13. The summed E-state index contributed by atoms with van der Waals surface area (Å²) in [6.07, 6.45) is 0. The van der Waals surface area contributed by atoms with E-state index >= 15 is 0 Å². The van der Waals surface area contributed by atoms with Gasteiger partial charge in [0.1, 0.15) is 11.4 Å². The zero-order valence-corrected chi connectivity index (χ0v) is 18.2.